The third-order valence-electron chi connectivity index (χ3n) is 5.85. The predicted octanol–water partition coefficient (Wildman–Crippen LogP) is 4.31. The van der Waals surface area contributed by atoms with E-state index in [0.29, 0.717) is 11.1 Å². The van der Waals surface area contributed by atoms with E-state index >= 15 is 0 Å². The molecule has 31 heavy (non-hydrogen) atoms. The molecule has 4 rings (SSSR count). The van der Waals surface area contributed by atoms with Gasteiger partial charge in [-0.2, -0.15) is 9.78 Å². The highest BCUT2D eigenvalue weighted by Gasteiger charge is 2.19. The standard InChI is InChI=1S/C25H26N4O2/c1-5-19-11-9-10-16(2)24(19)27-22(30)15-28-17(3)21-14-26-29(20-12-7-6-8-13-20)25(31)23(21)18(28)4/h6-14H,5,15H2,1-4H3,(H,27,30). The van der Waals surface area contributed by atoms with Crippen LogP contribution in [-0.4, -0.2) is 20.3 Å². The van der Waals surface area contributed by atoms with Crippen LogP contribution >= 0.6 is 0 Å². The van der Waals surface area contributed by atoms with E-state index in [1.165, 1.54) is 4.68 Å². The molecule has 0 atom stereocenters. The summed E-state index contributed by atoms with van der Waals surface area (Å²) in [7, 11) is 0. The molecule has 6 heteroatoms. The average Bonchev–Trinajstić information content (AvgIpc) is 3.01. The molecule has 0 unspecified atom stereocenters. The number of hydrogen-bond donors (Lipinski definition) is 1. The van der Waals surface area contributed by atoms with Crippen LogP contribution in [0.15, 0.2) is 59.5 Å². The van der Waals surface area contributed by atoms with Crippen LogP contribution in [0.3, 0.4) is 0 Å². The maximum absolute atomic E-state index is 13.2. The second-order valence-electron chi connectivity index (χ2n) is 7.75. The summed E-state index contributed by atoms with van der Waals surface area (Å²) < 4.78 is 3.29. The minimum atomic E-state index is -0.185. The molecule has 4 aromatic rings. The fourth-order valence-corrected chi connectivity index (χ4v) is 4.12. The lowest BCUT2D eigenvalue weighted by Crippen LogP contribution is -2.22. The summed E-state index contributed by atoms with van der Waals surface area (Å²) in [6, 6.07) is 15.4. The zero-order valence-corrected chi connectivity index (χ0v) is 18.3. The number of benzene rings is 2. The number of carbonyl (C=O) groups is 1. The van der Waals surface area contributed by atoms with E-state index in [9.17, 15) is 9.59 Å². The van der Waals surface area contributed by atoms with Gasteiger partial charge in [0.05, 0.1) is 17.3 Å². The Bertz CT molecular complexity index is 1330. The fourth-order valence-electron chi connectivity index (χ4n) is 4.12. The Balaban J connectivity index is 1.72. The quantitative estimate of drug-likeness (QED) is 0.529. The van der Waals surface area contributed by atoms with Crippen LogP contribution in [0.4, 0.5) is 5.69 Å². The SMILES string of the molecule is CCc1cccc(C)c1NC(=O)Cn1c(C)c2cnn(-c3ccccc3)c(=O)c2c1C. The van der Waals surface area contributed by atoms with Crippen molar-refractivity contribution in [3.63, 3.8) is 0 Å². The van der Waals surface area contributed by atoms with Gasteiger partial charge in [-0.15, -0.1) is 0 Å². The van der Waals surface area contributed by atoms with Crippen molar-refractivity contribution in [2.45, 2.75) is 40.7 Å². The third-order valence-corrected chi connectivity index (χ3v) is 5.85. The molecular weight excluding hydrogens is 388 g/mol. The Morgan fingerprint density at radius 1 is 1.00 bits per heavy atom. The summed E-state index contributed by atoms with van der Waals surface area (Å²) in [6.07, 6.45) is 2.55. The molecule has 1 amide bonds. The number of aromatic nitrogens is 3. The maximum atomic E-state index is 13.2. The molecule has 0 aliphatic heterocycles. The number of nitrogens with zero attached hydrogens (tertiary/aromatic N) is 3. The van der Waals surface area contributed by atoms with Crippen LogP contribution in [0.2, 0.25) is 0 Å². The molecule has 0 bridgehead atoms. The fraction of sp³-hybridized carbons (Fsp3) is 0.240. The first-order valence-electron chi connectivity index (χ1n) is 10.4. The van der Waals surface area contributed by atoms with Gasteiger partial charge < -0.3 is 9.88 Å². The summed E-state index contributed by atoms with van der Waals surface area (Å²) in [4.78, 5) is 26.1. The second kappa shape index (κ2) is 8.22. The number of fused-ring (bicyclic) bond motifs is 1. The number of amides is 1. The highest BCUT2D eigenvalue weighted by Crippen LogP contribution is 2.24. The van der Waals surface area contributed by atoms with E-state index in [0.717, 1.165) is 40.0 Å². The van der Waals surface area contributed by atoms with Crippen molar-refractivity contribution in [3.8, 4) is 5.69 Å². The largest absolute Gasteiger partial charge is 0.338 e. The van der Waals surface area contributed by atoms with Gasteiger partial charge in [0, 0.05) is 22.5 Å². The zero-order valence-electron chi connectivity index (χ0n) is 18.3. The molecule has 0 fully saturated rings. The molecule has 2 aromatic heterocycles. The van der Waals surface area contributed by atoms with Crippen molar-refractivity contribution < 1.29 is 4.79 Å². The Morgan fingerprint density at radius 3 is 2.45 bits per heavy atom. The van der Waals surface area contributed by atoms with Gasteiger partial charge in [0.2, 0.25) is 5.91 Å². The van der Waals surface area contributed by atoms with E-state index in [2.05, 4.69) is 17.3 Å². The van der Waals surface area contributed by atoms with Crippen LogP contribution < -0.4 is 10.9 Å². The van der Waals surface area contributed by atoms with Crippen LogP contribution in [0.25, 0.3) is 16.5 Å². The smallest absolute Gasteiger partial charge is 0.281 e. The van der Waals surface area contributed by atoms with Gasteiger partial charge in [0.15, 0.2) is 0 Å². The Morgan fingerprint density at radius 2 is 1.74 bits per heavy atom. The summed E-state index contributed by atoms with van der Waals surface area (Å²) in [5.41, 5.74) is 5.16. The average molecular weight is 415 g/mol. The highest BCUT2D eigenvalue weighted by atomic mass is 16.2. The second-order valence-corrected chi connectivity index (χ2v) is 7.75. The van der Waals surface area contributed by atoms with Crippen molar-refractivity contribution in [2.24, 2.45) is 0 Å². The Hall–Kier alpha value is -3.67. The number of aryl methyl sites for hydroxylation is 4. The van der Waals surface area contributed by atoms with Crippen LogP contribution in [0, 0.1) is 20.8 Å². The first-order chi connectivity index (χ1) is 14.9. The summed E-state index contributed by atoms with van der Waals surface area (Å²) >= 11 is 0. The maximum Gasteiger partial charge on any atom is 0.281 e. The zero-order chi connectivity index (χ0) is 22.1. The summed E-state index contributed by atoms with van der Waals surface area (Å²) in [5.74, 6) is -0.119. The van der Waals surface area contributed by atoms with Gasteiger partial charge in [-0.25, -0.2) is 0 Å². The van der Waals surface area contributed by atoms with E-state index in [1.807, 2.05) is 73.9 Å². The molecule has 0 radical (unpaired) electrons. The number of anilines is 1. The summed E-state index contributed by atoms with van der Waals surface area (Å²) in [5, 5.41) is 8.80. The molecule has 1 N–H and O–H groups in total. The number of rotatable bonds is 5. The molecule has 0 aliphatic rings. The normalized spacial score (nSPS) is 11.1. The number of carbonyl (C=O) groups excluding carboxylic acids is 1. The summed E-state index contributed by atoms with van der Waals surface area (Å²) in [6.45, 7) is 8.00. The lowest BCUT2D eigenvalue weighted by molar-refractivity contribution is -0.116. The molecule has 0 saturated heterocycles. The molecule has 2 aromatic carbocycles. The molecule has 6 nitrogen and oxygen atoms in total. The molecule has 0 aliphatic carbocycles. The topological polar surface area (TPSA) is 68.9 Å². The van der Waals surface area contributed by atoms with Crippen molar-refractivity contribution in [2.75, 3.05) is 5.32 Å². The molecule has 158 valence electrons. The molecule has 0 saturated carbocycles. The van der Waals surface area contributed by atoms with Crippen molar-refractivity contribution in [1.82, 2.24) is 14.3 Å². The Kier molecular flexibility index (Phi) is 5.46. The van der Waals surface area contributed by atoms with Gasteiger partial charge in [-0.1, -0.05) is 43.3 Å². The first kappa shape index (κ1) is 20.6. The predicted molar refractivity (Wildman–Crippen MR) is 124 cm³/mol. The van der Waals surface area contributed by atoms with Crippen LogP contribution in [0.1, 0.15) is 29.4 Å². The lowest BCUT2D eigenvalue weighted by atomic mass is 10.1. The van der Waals surface area contributed by atoms with Crippen LogP contribution in [-0.2, 0) is 17.8 Å². The van der Waals surface area contributed by atoms with Crippen molar-refractivity contribution in [1.29, 1.82) is 0 Å². The van der Waals surface area contributed by atoms with Crippen molar-refractivity contribution >= 4 is 22.4 Å². The minimum Gasteiger partial charge on any atom is -0.338 e. The highest BCUT2D eigenvalue weighted by molar-refractivity contribution is 5.94. The van der Waals surface area contributed by atoms with Gasteiger partial charge >= 0.3 is 0 Å². The van der Waals surface area contributed by atoms with Gasteiger partial charge in [-0.3, -0.25) is 9.59 Å². The van der Waals surface area contributed by atoms with Gasteiger partial charge in [0.25, 0.3) is 5.56 Å². The monoisotopic (exact) mass is 414 g/mol. The minimum absolute atomic E-state index is 0.119. The van der Waals surface area contributed by atoms with Crippen LogP contribution in [0.5, 0.6) is 0 Å². The number of nitrogens with one attached hydrogen (secondary N) is 1. The molecule has 0 spiro atoms. The number of hydrogen-bond acceptors (Lipinski definition) is 3. The molecule has 2 heterocycles. The Labute approximate surface area is 181 Å². The van der Waals surface area contributed by atoms with E-state index < -0.39 is 0 Å². The van der Waals surface area contributed by atoms with E-state index in [1.54, 1.807) is 6.20 Å². The van der Waals surface area contributed by atoms with Crippen molar-refractivity contribution in [3.05, 3.63) is 87.6 Å². The lowest BCUT2D eigenvalue weighted by Gasteiger charge is -2.14. The number of para-hydroxylation sites is 2. The van der Waals surface area contributed by atoms with Gasteiger partial charge in [-0.05, 0) is 50.5 Å². The third kappa shape index (κ3) is 3.65. The molecular formula is C25H26N4O2. The van der Waals surface area contributed by atoms with Gasteiger partial charge in [0.1, 0.15) is 6.54 Å². The first-order valence-corrected chi connectivity index (χ1v) is 10.4. The van der Waals surface area contributed by atoms with E-state index in [-0.39, 0.29) is 18.0 Å². The van der Waals surface area contributed by atoms with E-state index in [4.69, 9.17) is 0 Å².